The maximum atomic E-state index is 5.86. The molecule has 2 aromatic heterocycles. The van der Waals surface area contributed by atoms with Crippen molar-refractivity contribution in [2.45, 2.75) is 33.1 Å². The number of hydrogen-bond acceptors (Lipinski definition) is 3. The summed E-state index contributed by atoms with van der Waals surface area (Å²) in [6.45, 7) is 6.09. The largest absolute Gasteiger partial charge is 0.250 e. The van der Waals surface area contributed by atoms with E-state index in [1.54, 1.807) is 6.20 Å². The second kappa shape index (κ2) is 5.44. The van der Waals surface area contributed by atoms with Gasteiger partial charge < -0.3 is 0 Å². The first kappa shape index (κ1) is 13.0. The Hall–Kier alpha value is -1.48. The topological polar surface area (TPSA) is 38.7 Å². The lowest BCUT2D eigenvalue weighted by Gasteiger charge is -2.07. The van der Waals surface area contributed by atoms with Crippen molar-refractivity contribution in [3.63, 3.8) is 0 Å². The number of hydrogen-bond donors (Lipinski definition) is 0. The fourth-order valence-electron chi connectivity index (χ4n) is 1.94. The molecule has 94 valence electrons. The van der Waals surface area contributed by atoms with E-state index in [0.717, 1.165) is 29.1 Å². The lowest BCUT2D eigenvalue weighted by Crippen LogP contribution is -2.01. The number of aryl methyl sites for hydroxylation is 3. The summed E-state index contributed by atoms with van der Waals surface area (Å²) in [5.74, 6) is 1.12. The van der Waals surface area contributed by atoms with Crippen LogP contribution in [0.4, 0.5) is 0 Å². The van der Waals surface area contributed by atoms with Gasteiger partial charge in [0.2, 0.25) is 0 Å². The van der Waals surface area contributed by atoms with Crippen LogP contribution in [0.3, 0.4) is 0 Å². The minimum absolute atomic E-state index is 0.448. The zero-order valence-electron chi connectivity index (χ0n) is 10.9. The molecule has 0 N–H and O–H groups in total. The van der Waals surface area contributed by atoms with E-state index in [1.807, 2.05) is 26.0 Å². The average Bonchev–Trinajstić information content (AvgIpc) is 2.36. The van der Waals surface area contributed by atoms with Gasteiger partial charge in [-0.2, -0.15) is 0 Å². The summed E-state index contributed by atoms with van der Waals surface area (Å²) in [4.78, 5) is 13.4. The molecular weight excluding hydrogens is 246 g/mol. The van der Waals surface area contributed by atoms with Gasteiger partial charge >= 0.3 is 0 Å². The van der Waals surface area contributed by atoms with Crippen LogP contribution in [0.25, 0.3) is 11.5 Å². The molecule has 0 fully saturated rings. The van der Waals surface area contributed by atoms with Gasteiger partial charge in [0.1, 0.15) is 5.69 Å². The summed E-state index contributed by atoms with van der Waals surface area (Å²) in [5, 5.41) is 0. The first-order valence-electron chi connectivity index (χ1n) is 6.00. The molecule has 2 aromatic rings. The quantitative estimate of drug-likeness (QED) is 0.795. The van der Waals surface area contributed by atoms with Crippen molar-refractivity contribution < 1.29 is 0 Å². The molecule has 0 amide bonds. The maximum absolute atomic E-state index is 5.86. The van der Waals surface area contributed by atoms with Crippen molar-refractivity contribution in [2.75, 3.05) is 0 Å². The van der Waals surface area contributed by atoms with Gasteiger partial charge in [0, 0.05) is 23.1 Å². The summed E-state index contributed by atoms with van der Waals surface area (Å²) in [6, 6.07) is 4.04. The van der Waals surface area contributed by atoms with Crippen molar-refractivity contribution in [3.8, 4) is 11.5 Å². The van der Waals surface area contributed by atoms with E-state index in [9.17, 15) is 0 Å². The van der Waals surface area contributed by atoms with Crippen molar-refractivity contribution in [3.05, 3.63) is 40.8 Å². The van der Waals surface area contributed by atoms with Crippen LogP contribution in [0.2, 0.25) is 0 Å². The van der Waals surface area contributed by atoms with Crippen molar-refractivity contribution in [1.82, 2.24) is 15.0 Å². The third kappa shape index (κ3) is 2.67. The molecule has 3 nitrogen and oxygen atoms in total. The first-order chi connectivity index (χ1) is 8.63. The van der Waals surface area contributed by atoms with Crippen LogP contribution in [0.5, 0.6) is 0 Å². The molecule has 0 unspecified atom stereocenters. The zero-order valence-corrected chi connectivity index (χ0v) is 11.6. The Balaban J connectivity index is 2.50. The molecule has 0 aliphatic heterocycles. The Kier molecular flexibility index (Phi) is 3.92. The van der Waals surface area contributed by atoms with Crippen molar-refractivity contribution >= 4 is 11.6 Å². The van der Waals surface area contributed by atoms with Crippen LogP contribution in [0.15, 0.2) is 18.3 Å². The molecule has 0 spiro atoms. The van der Waals surface area contributed by atoms with Gasteiger partial charge in [-0.3, -0.25) is 0 Å². The first-order valence-corrected chi connectivity index (χ1v) is 6.54. The highest BCUT2D eigenvalue weighted by atomic mass is 35.5. The summed E-state index contributed by atoms with van der Waals surface area (Å²) in [7, 11) is 0. The number of pyridine rings is 1. The number of nitrogens with zero attached hydrogens (tertiary/aromatic N) is 3. The van der Waals surface area contributed by atoms with E-state index in [0.29, 0.717) is 11.7 Å². The summed E-state index contributed by atoms with van der Waals surface area (Å²) in [5.41, 5.74) is 4.96. The van der Waals surface area contributed by atoms with E-state index in [4.69, 9.17) is 11.6 Å². The standard InChI is InChI=1S/C14H16ClN3/c1-4-12-11(7-15)8-16-14(18-12)13-6-9(2)5-10(3)17-13/h5-6,8H,4,7H2,1-3H3. The molecule has 0 saturated heterocycles. The molecule has 0 atom stereocenters. The van der Waals surface area contributed by atoms with Gasteiger partial charge in [0.25, 0.3) is 0 Å². The SMILES string of the molecule is CCc1nc(-c2cc(C)cc(C)n2)ncc1CCl. The van der Waals surface area contributed by atoms with E-state index >= 15 is 0 Å². The number of halogens is 1. The molecule has 2 heterocycles. The molecule has 0 aliphatic rings. The third-order valence-electron chi connectivity index (χ3n) is 2.76. The average molecular weight is 262 g/mol. The van der Waals surface area contributed by atoms with Crippen molar-refractivity contribution in [1.29, 1.82) is 0 Å². The fourth-order valence-corrected chi connectivity index (χ4v) is 2.16. The molecule has 2 rings (SSSR count). The minimum Gasteiger partial charge on any atom is -0.250 e. The Labute approximate surface area is 112 Å². The van der Waals surface area contributed by atoms with Crippen LogP contribution in [-0.2, 0) is 12.3 Å². The molecular formula is C14H16ClN3. The second-order valence-corrected chi connectivity index (χ2v) is 4.59. The van der Waals surface area contributed by atoms with Gasteiger partial charge in [-0.05, 0) is 38.0 Å². The Bertz CT molecular complexity index is 547. The van der Waals surface area contributed by atoms with Gasteiger partial charge in [0.05, 0.1) is 5.88 Å². The molecule has 18 heavy (non-hydrogen) atoms. The van der Waals surface area contributed by atoms with Gasteiger partial charge in [-0.25, -0.2) is 15.0 Å². The van der Waals surface area contributed by atoms with E-state index in [1.165, 1.54) is 5.56 Å². The highest BCUT2D eigenvalue weighted by Gasteiger charge is 2.08. The predicted molar refractivity (Wildman–Crippen MR) is 73.7 cm³/mol. The van der Waals surface area contributed by atoms with Crippen LogP contribution >= 0.6 is 11.6 Å². The summed E-state index contributed by atoms with van der Waals surface area (Å²) >= 11 is 5.86. The van der Waals surface area contributed by atoms with E-state index in [-0.39, 0.29) is 0 Å². The van der Waals surface area contributed by atoms with Gasteiger partial charge in [-0.1, -0.05) is 6.92 Å². The monoisotopic (exact) mass is 261 g/mol. The zero-order chi connectivity index (χ0) is 13.1. The lowest BCUT2D eigenvalue weighted by molar-refractivity contribution is 0.961. The smallest absolute Gasteiger partial charge is 0.178 e. The molecule has 4 heteroatoms. The van der Waals surface area contributed by atoms with Crippen LogP contribution in [0.1, 0.15) is 29.4 Å². The van der Waals surface area contributed by atoms with Crippen LogP contribution in [0, 0.1) is 13.8 Å². The summed E-state index contributed by atoms with van der Waals surface area (Å²) < 4.78 is 0. The molecule has 0 aliphatic carbocycles. The van der Waals surface area contributed by atoms with Gasteiger partial charge in [0.15, 0.2) is 5.82 Å². The molecule has 0 bridgehead atoms. The second-order valence-electron chi connectivity index (χ2n) is 4.32. The number of alkyl halides is 1. The minimum atomic E-state index is 0.448. The lowest BCUT2D eigenvalue weighted by atomic mass is 10.2. The third-order valence-corrected chi connectivity index (χ3v) is 3.05. The van der Waals surface area contributed by atoms with Gasteiger partial charge in [-0.15, -0.1) is 11.6 Å². The number of aromatic nitrogens is 3. The van der Waals surface area contributed by atoms with Crippen LogP contribution < -0.4 is 0 Å². The predicted octanol–water partition coefficient (Wildman–Crippen LogP) is 3.46. The number of rotatable bonds is 3. The molecule has 0 radical (unpaired) electrons. The Morgan fingerprint density at radius 1 is 1.17 bits per heavy atom. The molecule has 0 aromatic carbocycles. The van der Waals surface area contributed by atoms with Crippen molar-refractivity contribution in [2.24, 2.45) is 0 Å². The fraction of sp³-hybridized carbons (Fsp3) is 0.357. The maximum Gasteiger partial charge on any atom is 0.178 e. The highest BCUT2D eigenvalue weighted by Crippen LogP contribution is 2.17. The Morgan fingerprint density at radius 2 is 1.94 bits per heavy atom. The van der Waals surface area contributed by atoms with E-state index in [2.05, 4.69) is 21.9 Å². The molecule has 0 saturated carbocycles. The summed E-state index contributed by atoms with van der Waals surface area (Å²) in [6.07, 6.45) is 2.65. The van der Waals surface area contributed by atoms with E-state index < -0.39 is 0 Å². The Morgan fingerprint density at radius 3 is 2.56 bits per heavy atom. The highest BCUT2D eigenvalue weighted by molar-refractivity contribution is 6.17. The normalized spacial score (nSPS) is 10.7. The van der Waals surface area contributed by atoms with Crippen LogP contribution in [-0.4, -0.2) is 15.0 Å².